The maximum absolute atomic E-state index is 12.1. The van der Waals surface area contributed by atoms with Gasteiger partial charge in [0.05, 0.1) is 11.6 Å². The molecular formula is C21H22N2O4. The van der Waals surface area contributed by atoms with Crippen molar-refractivity contribution in [2.75, 3.05) is 11.9 Å². The molecule has 3 rings (SSSR count). The number of rotatable bonds is 7. The first-order chi connectivity index (χ1) is 13.0. The Kier molecular flexibility index (Phi) is 5.86. The van der Waals surface area contributed by atoms with Gasteiger partial charge in [-0.05, 0) is 49.6 Å². The Morgan fingerprint density at radius 3 is 2.33 bits per heavy atom. The monoisotopic (exact) mass is 366 g/mol. The molecule has 2 N–H and O–H groups in total. The number of ether oxygens (including phenoxy) is 1. The van der Waals surface area contributed by atoms with Crippen molar-refractivity contribution in [1.29, 1.82) is 0 Å². The third-order valence-corrected chi connectivity index (χ3v) is 4.35. The molecule has 27 heavy (non-hydrogen) atoms. The molecule has 1 atom stereocenters. The summed E-state index contributed by atoms with van der Waals surface area (Å²) in [5, 5.41) is 5.59. The average molecular weight is 366 g/mol. The molecule has 1 aliphatic carbocycles. The maximum Gasteiger partial charge on any atom is 0.338 e. The Morgan fingerprint density at radius 2 is 1.70 bits per heavy atom. The molecule has 0 aliphatic heterocycles. The van der Waals surface area contributed by atoms with Crippen LogP contribution in [0, 0.1) is 5.92 Å². The standard InChI is InChI=1S/C21H22N2O4/c1-14(15-5-3-2-4-6-15)22-19(24)13-27-21(26)17-9-11-18(12-10-17)23-20(25)16-7-8-16/h2-6,9-12,14,16H,7-8,13H2,1H3,(H,22,24)(H,23,25). The summed E-state index contributed by atoms with van der Waals surface area (Å²) in [5.41, 5.74) is 1.93. The molecule has 0 bridgehead atoms. The number of nitrogens with one attached hydrogen (secondary N) is 2. The quantitative estimate of drug-likeness (QED) is 0.738. The van der Waals surface area contributed by atoms with Crippen LogP contribution in [-0.2, 0) is 14.3 Å². The molecule has 0 radical (unpaired) electrons. The smallest absolute Gasteiger partial charge is 0.338 e. The lowest BCUT2D eigenvalue weighted by molar-refractivity contribution is -0.124. The van der Waals surface area contributed by atoms with Crippen LogP contribution in [0.1, 0.15) is 41.7 Å². The van der Waals surface area contributed by atoms with Crippen molar-refractivity contribution in [3.05, 3.63) is 65.7 Å². The minimum absolute atomic E-state index is 0.00883. The van der Waals surface area contributed by atoms with Crippen LogP contribution >= 0.6 is 0 Å². The minimum atomic E-state index is -0.586. The van der Waals surface area contributed by atoms with E-state index in [0.717, 1.165) is 18.4 Å². The molecule has 1 unspecified atom stereocenters. The SMILES string of the molecule is CC(NC(=O)COC(=O)c1ccc(NC(=O)C2CC2)cc1)c1ccccc1. The summed E-state index contributed by atoms with van der Waals surface area (Å²) in [6.07, 6.45) is 1.86. The van der Waals surface area contributed by atoms with E-state index in [1.165, 1.54) is 0 Å². The summed E-state index contributed by atoms with van der Waals surface area (Å²) < 4.78 is 5.06. The van der Waals surface area contributed by atoms with Gasteiger partial charge in [-0.25, -0.2) is 4.79 Å². The van der Waals surface area contributed by atoms with Gasteiger partial charge in [-0.3, -0.25) is 9.59 Å². The van der Waals surface area contributed by atoms with E-state index in [4.69, 9.17) is 4.74 Å². The Bertz CT molecular complexity index is 814. The summed E-state index contributed by atoms with van der Waals surface area (Å²) in [5.74, 6) is -0.827. The molecule has 6 nitrogen and oxygen atoms in total. The predicted octanol–water partition coefficient (Wildman–Crippen LogP) is 3.07. The molecule has 1 fully saturated rings. The van der Waals surface area contributed by atoms with E-state index in [1.54, 1.807) is 24.3 Å². The van der Waals surface area contributed by atoms with E-state index in [9.17, 15) is 14.4 Å². The van der Waals surface area contributed by atoms with E-state index in [-0.39, 0.29) is 30.4 Å². The van der Waals surface area contributed by atoms with Gasteiger partial charge in [-0.2, -0.15) is 0 Å². The first-order valence-corrected chi connectivity index (χ1v) is 8.95. The van der Waals surface area contributed by atoms with Crippen LogP contribution in [0.3, 0.4) is 0 Å². The number of amides is 2. The lowest BCUT2D eigenvalue weighted by Crippen LogP contribution is -2.31. The fourth-order valence-electron chi connectivity index (χ4n) is 2.60. The Labute approximate surface area is 157 Å². The molecule has 2 aromatic carbocycles. The van der Waals surface area contributed by atoms with Crippen LogP contribution < -0.4 is 10.6 Å². The zero-order valence-corrected chi connectivity index (χ0v) is 15.1. The second-order valence-corrected chi connectivity index (χ2v) is 6.62. The molecule has 2 aromatic rings. The minimum Gasteiger partial charge on any atom is -0.452 e. The van der Waals surface area contributed by atoms with E-state index in [2.05, 4.69) is 10.6 Å². The summed E-state index contributed by atoms with van der Waals surface area (Å²) >= 11 is 0. The van der Waals surface area contributed by atoms with Crippen molar-refractivity contribution < 1.29 is 19.1 Å². The highest BCUT2D eigenvalue weighted by Gasteiger charge is 2.29. The second kappa shape index (κ2) is 8.49. The fourth-order valence-corrected chi connectivity index (χ4v) is 2.60. The summed E-state index contributed by atoms with van der Waals surface area (Å²) in [7, 11) is 0. The fraction of sp³-hybridized carbons (Fsp3) is 0.286. The molecule has 1 aliphatic rings. The molecule has 140 valence electrons. The molecule has 6 heteroatoms. The van der Waals surface area contributed by atoms with Crippen LogP contribution in [0.4, 0.5) is 5.69 Å². The van der Waals surface area contributed by atoms with Gasteiger partial charge in [-0.15, -0.1) is 0 Å². The van der Waals surface area contributed by atoms with Crippen LogP contribution in [0.15, 0.2) is 54.6 Å². The van der Waals surface area contributed by atoms with Gasteiger partial charge in [-0.1, -0.05) is 30.3 Å². The lowest BCUT2D eigenvalue weighted by Gasteiger charge is -2.14. The van der Waals surface area contributed by atoms with Crippen molar-refractivity contribution in [2.24, 2.45) is 5.92 Å². The number of anilines is 1. The number of hydrogen-bond donors (Lipinski definition) is 2. The van der Waals surface area contributed by atoms with E-state index in [0.29, 0.717) is 11.3 Å². The summed E-state index contributed by atoms with van der Waals surface area (Å²) in [6.45, 7) is 1.51. The number of carbonyl (C=O) groups excluding carboxylic acids is 3. The Hall–Kier alpha value is -3.15. The molecule has 1 saturated carbocycles. The first kappa shape index (κ1) is 18.6. The first-order valence-electron chi connectivity index (χ1n) is 8.95. The average Bonchev–Trinajstić information content (AvgIpc) is 3.53. The van der Waals surface area contributed by atoms with Crippen LogP contribution in [-0.4, -0.2) is 24.4 Å². The zero-order chi connectivity index (χ0) is 19.2. The predicted molar refractivity (Wildman–Crippen MR) is 101 cm³/mol. The molecular weight excluding hydrogens is 344 g/mol. The summed E-state index contributed by atoms with van der Waals surface area (Å²) in [6, 6.07) is 15.8. The normalized spacial score (nSPS) is 14.1. The van der Waals surface area contributed by atoms with E-state index >= 15 is 0 Å². The van der Waals surface area contributed by atoms with Gasteiger partial charge in [0.2, 0.25) is 5.91 Å². The van der Waals surface area contributed by atoms with Crippen molar-refractivity contribution in [2.45, 2.75) is 25.8 Å². The Balaban J connectivity index is 1.45. The van der Waals surface area contributed by atoms with Crippen LogP contribution in [0.25, 0.3) is 0 Å². The summed E-state index contributed by atoms with van der Waals surface area (Å²) in [4.78, 5) is 35.8. The van der Waals surface area contributed by atoms with Crippen molar-refractivity contribution in [3.63, 3.8) is 0 Å². The van der Waals surface area contributed by atoms with Gasteiger partial charge in [0, 0.05) is 11.6 Å². The van der Waals surface area contributed by atoms with Gasteiger partial charge < -0.3 is 15.4 Å². The maximum atomic E-state index is 12.1. The van der Waals surface area contributed by atoms with E-state index < -0.39 is 5.97 Å². The number of esters is 1. The molecule has 0 aromatic heterocycles. The third kappa shape index (κ3) is 5.41. The highest BCUT2D eigenvalue weighted by atomic mass is 16.5. The molecule has 0 heterocycles. The van der Waals surface area contributed by atoms with Crippen molar-refractivity contribution >= 4 is 23.5 Å². The third-order valence-electron chi connectivity index (χ3n) is 4.35. The van der Waals surface area contributed by atoms with Crippen LogP contribution in [0.5, 0.6) is 0 Å². The lowest BCUT2D eigenvalue weighted by atomic mass is 10.1. The number of carbonyl (C=O) groups is 3. The molecule has 0 spiro atoms. The molecule has 2 amide bonds. The second-order valence-electron chi connectivity index (χ2n) is 6.62. The molecule has 0 saturated heterocycles. The highest BCUT2D eigenvalue weighted by molar-refractivity contribution is 5.95. The van der Waals surface area contributed by atoms with Crippen molar-refractivity contribution in [3.8, 4) is 0 Å². The zero-order valence-electron chi connectivity index (χ0n) is 15.1. The van der Waals surface area contributed by atoms with Crippen LogP contribution in [0.2, 0.25) is 0 Å². The number of hydrogen-bond acceptors (Lipinski definition) is 4. The van der Waals surface area contributed by atoms with Gasteiger partial charge >= 0.3 is 5.97 Å². The topological polar surface area (TPSA) is 84.5 Å². The van der Waals surface area contributed by atoms with Gasteiger partial charge in [0.25, 0.3) is 5.91 Å². The van der Waals surface area contributed by atoms with Gasteiger partial charge in [0.15, 0.2) is 6.61 Å². The largest absolute Gasteiger partial charge is 0.452 e. The van der Waals surface area contributed by atoms with E-state index in [1.807, 2.05) is 37.3 Å². The van der Waals surface area contributed by atoms with Crippen molar-refractivity contribution in [1.82, 2.24) is 5.32 Å². The number of benzene rings is 2. The van der Waals surface area contributed by atoms with Gasteiger partial charge in [0.1, 0.15) is 0 Å². The Morgan fingerprint density at radius 1 is 1.04 bits per heavy atom. The highest BCUT2D eigenvalue weighted by Crippen LogP contribution is 2.30.